The Hall–Kier alpha value is -0.390. The van der Waals surface area contributed by atoms with Crippen molar-refractivity contribution in [3.63, 3.8) is 0 Å². The van der Waals surface area contributed by atoms with Gasteiger partial charge in [0.2, 0.25) is 10.0 Å². The van der Waals surface area contributed by atoms with Crippen LogP contribution in [0.3, 0.4) is 0 Å². The number of aryl methyl sites for hydroxylation is 1. The molecule has 1 N–H and O–H groups in total. The van der Waals surface area contributed by atoms with Crippen molar-refractivity contribution in [2.24, 2.45) is 5.92 Å². The summed E-state index contributed by atoms with van der Waals surface area (Å²) in [5.41, 5.74) is 0.917. The molecule has 0 radical (unpaired) electrons. The van der Waals surface area contributed by atoms with Crippen LogP contribution in [0.4, 0.5) is 0 Å². The molecule has 0 saturated carbocycles. The maximum Gasteiger partial charge on any atom is 0.240 e. The number of hydrogen-bond acceptors (Lipinski definition) is 2. The van der Waals surface area contributed by atoms with Gasteiger partial charge in [0.25, 0.3) is 0 Å². The molecule has 3 nitrogen and oxygen atoms in total. The zero-order chi connectivity index (χ0) is 13.8. The average molecular weight is 334 g/mol. The fraction of sp³-hybridized carbons (Fsp3) is 0.538. The third kappa shape index (κ3) is 4.07. The standard InChI is InChI=1S/C13H20BrNO2S/c1-4-11(5-2)9-15-18(16,17)12-6-7-13(14)10(3)8-12/h6-8,11,15H,4-5,9H2,1-3H3. The second-order valence-corrected chi connectivity index (χ2v) is 7.07. The summed E-state index contributed by atoms with van der Waals surface area (Å²) in [5, 5.41) is 0. The molecule has 1 rings (SSSR count). The van der Waals surface area contributed by atoms with E-state index in [0.717, 1.165) is 22.9 Å². The molecule has 0 fully saturated rings. The Morgan fingerprint density at radius 3 is 2.39 bits per heavy atom. The van der Waals surface area contributed by atoms with Crippen LogP contribution < -0.4 is 4.72 Å². The Kier molecular flexibility index (Phi) is 5.82. The largest absolute Gasteiger partial charge is 0.240 e. The fourth-order valence-corrected chi connectivity index (χ4v) is 3.12. The van der Waals surface area contributed by atoms with Crippen molar-refractivity contribution in [2.75, 3.05) is 6.54 Å². The van der Waals surface area contributed by atoms with Crippen LogP contribution in [0.5, 0.6) is 0 Å². The normalized spacial score (nSPS) is 12.1. The van der Waals surface area contributed by atoms with Gasteiger partial charge < -0.3 is 0 Å². The first kappa shape index (κ1) is 15.7. The van der Waals surface area contributed by atoms with E-state index in [4.69, 9.17) is 0 Å². The summed E-state index contributed by atoms with van der Waals surface area (Å²) in [7, 11) is -3.39. The van der Waals surface area contributed by atoms with E-state index < -0.39 is 10.0 Å². The van der Waals surface area contributed by atoms with Gasteiger partial charge in [-0.25, -0.2) is 13.1 Å². The van der Waals surface area contributed by atoms with Crippen molar-refractivity contribution in [1.29, 1.82) is 0 Å². The zero-order valence-corrected chi connectivity index (χ0v) is 13.4. The monoisotopic (exact) mass is 333 g/mol. The summed E-state index contributed by atoms with van der Waals surface area (Å²) >= 11 is 3.37. The highest BCUT2D eigenvalue weighted by atomic mass is 79.9. The Morgan fingerprint density at radius 1 is 1.28 bits per heavy atom. The van der Waals surface area contributed by atoms with Crippen LogP contribution in [0, 0.1) is 12.8 Å². The molecule has 0 unspecified atom stereocenters. The summed E-state index contributed by atoms with van der Waals surface area (Å²) in [6, 6.07) is 5.06. The first-order chi connectivity index (χ1) is 8.40. The third-order valence-corrected chi connectivity index (χ3v) is 5.47. The van der Waals surface area contributed by atoms with E-state index >= 15 is 0 Å². The highest BCUT2D eigenvalue weighted by Gasteiger charge is 2.16. The number of benzene rings is 1. The molecule has 0 amide bonds. The molecule has 1 aromatic carbocycles. The minimum absolute atomic E-state index is 0.328. The van der Waals surface area contributed by atoms with Crippen LogP contribution in [-0.4, -0.2) is 15.0 Å². The zero-order valence-electron chi connectivity index (χ0n) is 11.0. The number of nitrogens with one attached hydrogen (secondary N) is 1. The minimum Gasteiger partial charge on any atom is -0.211 e. The maximum atomic E-state index is 12.1. The Morgan fingerprint density at radius 2 is 1.89 bits per heavy atom. The number of hydrogen-bond donors (Lipinski definition) is 1. The van der Waals surface area contributed by atoms with Gasteiger partial charge in [0.05, 0.1) is 4.90 Å². The number of sulfonamides is 1. The van der Waals surface area contributed by atoms with Gasteiger partial charge >= 0.3 is 0 Å². The second-order valence-electron chi connectivity index (χ2n) is 4.45. The van der Waals surface area contributed by atoms with E-state index in [1.165, 1.54) is 0 Å². The molecular weight excluding hydrogens is 314 g/mol. The molecule has 0 bridgehead atoms. The van der Waals surface area contributed by atoms with Gasteiger partial charge in [-0.2, -0.15) is 0 Å². The molecular formula is C13H20BrNO2S. The highest BCUT2D eigenvalue weighted by Crippen LogP contribution is 2.20. The van der Waals surface area contributed by atoms with E-state index in [1.54, 1.807) is 18.2 Å². The van der Waals surface area contributed by atoms with Crippen molar-refractivity contribution >= 4 is 26.0 Å². The molecule has 0 aromatic heterocycles. The van der Waals surface area contributed by atoms with E-state index in [2.05, 4.69) is 34.5 Å². The van der Waals surface area contributed by atoms with Crippen LogP contribution in [-0.2, 0) is 10.0 Å². The van der Waals surface area contributed by atoms with Crippen molar-refractivity contribution in [2.45, 2.75) is 38.5 Å². The van der Waals surface area contributed by atoms with Gasteiger partial charge in [0, 0.05) is 11.0 Å². The first-order valence-corrected chi connectivity index (χ1v) is 8.44. The molecule has 0 spiro atoms. The molecule has 0 atom stereocenters. The van der Waals surface area contributed by atoms with Crippen molar-refractivity contribution in [3.8, 4) is 0 Å². The molecule has 0 aliphatic carbocycles. The summed E-state index contributed by atoms with van der Waals surface area (Å²) in [5.74, 6) is 0.399. The second kappa shape index (κ2) is 6.68. The van der Waals surface area contributed by atoms with Gasteiger partial charge in [-0.1, -0.05) is 42.6 Å². The van der Waals surface area contributed by atoms with Gasteiger partial charge in [0.1, 0.15) is 0 Å². The summed E-state index contributed by atoms with van der Waals surface area (Å²) in [4.78, 5) is 0.328. The van der Waals surface area contributed by atoms with E-state index in [-0.39, 0.29) is 0 Å². The predicted octanol–water partition coefficient (Wildman–Crippen LogP) is 3.47. The summed E-state index contributed by atoms with van der Waals surface area (Å²) in [6.45, 7) is 6.53. The molecule has 0 saturated heterocycles. The Balaban J connectivity index is 2.83. The minimum atomic E-state index is -3.39. The van der Waals surface area contributed by atoms with E-state index in [1.807, 2.05) is 6.92 Å². The lowest BCUT2D eigenvalue weighted by Gasteiger charge is -2.14. The molecule has 5 heteroatoms. The van der Waals surface area contributed by atoms with Crippen LogP contribution in [0.15, 0.2) is 27.6 Å². The molecule has 0 aliphatic heterocycles. The molecule has 102 valence electrons. The van der Waals surface area contributed by atoms with Crippen molar-refractivity contribution in [3.05, 3.63) is 28.2 Å². The lowest BCUT2D eigenvalue weighted by Crippen LogP contribution is -2.29. The summed E-state index contributed by atoms with van der Waals surface area (Å²) in [6.07, 6.45) is 1.97. The fourth-order valence-electron chi connectivity index (χ4n) is 1.67. The Bertz CT molecular complexity index is 496. The molecule has 1 aromatic rings. The smallest absolute Gasteiger partial charge is 0.211 e. The van der Waals surface area contributed by atoms with Gasteiger partial charge in [-0.15, -0.1) is 0 Å². The van der Waals surface area contributed by atoms with E-state index in [0.29, 0.717) is 17.4 Å². The Labute approximate surface area is 118 Å². The van der Waals surface area contributed by atoms with Gasteiger partial charge in [-0.05, 0) is 36.6 Å². The maximum absolute atomic E-state index is 12.1. The first-order valence-electron chi connectivity index (χ1n) is 6.16. The highest BCUT2D eigenvalue weighted by molar-refractivity contribution is 9.10. The van der Waals surface area contributed by atoms with Gasteiger partial charge in [0.15, 0.2) is 0 Å². The van der Waals surface area contributed by atoms with Crippen molar-refractivity contribution < 1.29 is 8.42 Å². The molecule has 0 heterocycles. The molecule has 18 heavy (non-hydrogen) atoms. The van der Waals surface area contributed by atoms with Crippen LogP contribution in [0.2, 0.25) is 0 Å². The lowest BCUT2D eigenvalue weighted by molar-refractivity contribution is 0.479. The average Bonchev–Trinajstić information content (AvgIpc) is 2.33. The number of rotatable bonds is 6. The predicted molar refractivity (Wildman–Crippen MR) is 78.1 cm³/mol. The van der Waals surface area contributed by atoms with E-state index in [9.17, 15) is 8.42 Å². The quantitative estimate of drug-likeness (QED) is 0.866. The van der Waals surface area contributed by atoms with Crippen LogP contribution in [0.25, 0.3) is 0 Å². The third-order valence-electron chi connectivity index (χ3n) is 3.16. The lowest BCUT2D eigenvalue weighted by atomic mass is 10.0. The molecule has 0 aliphatic rings. The SMILES string of the molecule is CCC(CC)CNS(=O)(=O)c1ccc(Br)c(C)c1. The topological polar surface area (TPSA) is 46.2 Å². The van der Waals surface area contributed by atoms with Crippen molar-refractivity contribution in [1.82, 2.24) is 4.72 Å². The van der Waals surface area contributed by atoms with Gasteiger partial charge in [-0.3, -0.25) is 0 Å². The number of halogens is 1. The van der Waals surface area contributed by atoms with Crippen LogP contribution >= 0.6 is 15.9 Å². The van der Waals surface area contributed by atoms with Crippen LogP contribution in [0.1, 0.15) is 32.3 Å². The summed E-state index contributed by atoms with van der Waals surface area (Å²) < 4.78 is 27.8.